The fourth-order valence-corrected chi connectivity index (χ4v) is 5.62. The summed E-state index contributed by atoms with van der Waals surface area (Å²) in [7, 11) is -4.07. The minimum absolute atomic E-state index is 0.689. The predicted molar refractivity (Wildman–Crippen MR) is 99.7 cm³/mol. The Balaban J connectivity index is 6.55. The quantitative estimate of drug-likeness (QED) is 0.486. The van der Waals surface area contributed by atoms with Crippen LogP contribution in [0.15, 0.2) is 0 Å². The highest BCUT2D eigenvalue weighted by Gasteiger charge is 2.54. The molecule has 0 heterocycles. The number of halogens is 3. The van der Waals surface area contributed by atoms with E-state index in [9.17, 15) is 22.8 Å². The lowest BCUT2D eigenvalue weighted by molar-refractivity contribution is -0.188. The maximum atomic E-state index is 13.3. The number of hydrogen-bond acceptors (Lipinski definition) is 4. The summed E-state index contributed by atoms with van der Waals surface area (Å²) < 4.78 is 51.5. The molecule has 0 radical (unpaired) electrons. The molecule has 26 heavy (non-hydrogen) atoms. The van der Waals surface area contributed by atoms with Gasteiger partial charge in [0.25, 0.3) is 0 Å². The molecule has 0 N–H and O–H groups in total. The number of carbonyl (C=O) groups is 2. The van der Waals surface area contributed by atoms with Gasteiger partial charge in [-0.15, -0.1) is 0 Å². The Morgan fingerprint density at radius 3 is 1.62 bits per heavy atom. The van der Waals surface area contributed by atoms with Crippen LogP contribution in [0.4, 0.5) is 13.2 Å². The van der Waals surface area contributed by atoms with E-state index < -0.39 is 52.2 Å². The summed E-state index contributed by atoms with van der Waals surface area (Å²) in [5, 5.41) is 0. The van der Waals surface area contributed by atoms with Gasteiger partial charge >= 0.3 is 18.1 Å². The van der Waals surface area contributed by atoms with Crippen molar-refractivity contribution in [2.75, 3.05) is 7.11 Å². The van der Waals surface area contributed by atoms with Crippen molar-refractivity contribution in [3.05, 3.63) is 0 Å². The van der Waals surface area contributed by atoms with E-state index in [0.29, 0.717) is 4.57 Å². The average Bonchev–Trinajstić information content (AvgIpc) is 2.36. The Morgan fingerprint density at radius 1 is 0.962 bits per heavy atom. The lowest BCUT2D eigenvalue weighted by Crippen LogP contribution is -2.67. The Hall–Kier alpha value is -0.876. The first-order chi connectivity index (χ1) is 11.2. The van der Waals surface area contributed by atoms with Crippen LogP contribution in [-0.4, -0.2) is 58.4 Å². The zero-order valence-corrected chi connectivity index (χ0v) is 19.4. The maximum Gasteiger partial charge on any atom is 0.470 e. The highest BCUT2D eigenvalue weighted by Crippen LogP contribution is 2.35. The predicted octanol–water partition coefficient (Wildman–Crippen LogP) is 4.02. The minimum Gasteiger partial charge on any atom is -0.467 e. The Morgan fingerprint density at radius 2 is 1.38 bits per heavy atom. The lowest BCUT2D eigenvalue weighted by Gasteiger charge is -2.47. The van der Waals surface area contributed by atoms with Gasteiger partial charge in [0.15, 0.2) is 16.6 Å². The van der Waals surface area contributed by atoms with Gasteiger partial charge < -0.3 is 13.7 Å². The van der Waals surface area contributed by atoms with Crippen LogP contribution in [0.2, 0.25) is 39.3 Å². The van der Waals surface area contributed by atoms with Crippen LogP contribution in [0.3, 0.4) is 0 Å². The SMILES string of the molecule is COC(=O)C(C(O[Si](C)(C)C)C(C)(C)C)N(C(=O)C(F)(F)F)[Si](C)(C)C. The van der Waals surface area contributed by atoms with Crippen LogP contribution in [0.25, 0.3) is 0 Å². The third-order valence-electron chi connectivity index (χ3n) is 3.53. The smallest absolute Gasteiger partial charge is 0.467 e. The van der Waals surface area contributed by atoms with Gasteiger partial charge in [-0.1, -0.05) is 40.4 Å². The molecule has 0 saturated heterocycles. The van der Waals surface area contributed by atoms with Crippen molar-refractivity contribution in [3.8, 4) is 0 Å². The van der Waals surface area contributed by atoms with E-state index in [4.69, 9.17) is 9.16 Å². The van der Waals surface area contributed by atoms with Crippen LogP contribution in [0, 0.1) is 5.41 Å². The van der Waals surface area contributed by atoms with E-state index in [1.165, 1.54) is 0 Å². The molecule has 1 amide bonds. The average molecular weight is 416 g/mol. The summed E-state index contributed by atoms with van der Waals surface area (Å²) >= 11 is 0. The van der Waals surface area contributed by atoms with Crippen molar-refractivity contribution < 1.29 is 31.9 Å². The van der Waals surface area contributed by atoms with E-state index in [2.05, 4.69) is 0 Å². The van der Waals surface area contributed by atoms with Crippen molar-refractivity contribution in [2.45, 2.75) is 78.4 Å². The molecule has 154 valence electrons. The van der Waals surface area contributed by atoms with Crippen molar-refractivity contribution in [2.24, 2.45) is 5.41 Å². The molecule has 0 aliphatic carbocycles. The molecule has 0 saturated carbocycles. The second-order valence-electron chi connectivity index (χ2n) is 9.33. The third kappa shape index (κ3) is 7.03. The molecular weight excluding hydrogens is 383 g/mol. The molecule has 10 heteroatoms. The van der Waals surface area contributed by atoms with Gasteiger partial charge in [-0.05, 0) is 25.1 Å². The van der Waals surface area contributed by atoms with Gasteiger partial charge in [0.2, 0.25) is 0 Å². The van der Waals surface area contributed by atoms with E-state index in [-0.39, 0.29) is 0 Å². The van der Waals surface area contributed by atoms with E-state index in [1.807, 2.05) is 19.6 Å². The Bertz CT molecular complexity index is 520. The molecule has 0 fully saturated rings. The van der Waals surface area contributed by atoms with Crippen molar-refractivity contribution in [1.82, 2.24) is 4.57 Å². The Kier molecular flexibility index (Phi) is 7.74. The Labute approximate surface area is 156 Å². The summed E-state index contributed by atoms with van der Waals surface area (Å²) in [4.78, 5) is 24.8. The van der Waals surface area contributed by atoms with Gasteiger partial charge in [-0.25, -0.2) is 4.79 Å². The molecule has 2 atom stereocenters. The molecule has 0 rings (SSSR count). The number of esters is 1. The van der Waals surface area contributed by atoms with Crippen molar-refractivity contribution in [3.63, 3.8) is 0 Å². The number of hydrogen-bond donors (Lipinski definition) is 0. The number of rotatable bonds is 6. The van der Waals surface area contributed by atoms with Crippen LogP contribution >= 0.6 is 0 Å². The molecule has 0 aromatic heterocycles. The summed E-state index contributed by atoms with van der Waals surface area (Å²) in [5.41, 5.74) is -0.692. The largest absolute Gasteiger partial charge is 0.470 e. The van der Waals surface area contributed by atoms with Crippen LogP contribution < -0.4 is 0 Å². The highest BCUT2D eigenvalue weighted by molar-refractivity contribution is 6.75. The third-order valence-corrected chi connectivity index (χ3v) is 6.41. The number of carbonyl (C=O) groups excluding carboxylic acids is 2. The van der Waals surface area contributed by atoms with Crippen LogP contribution in [-0.2, 0) is 18.8 Å². The number of amides is 1. The van der Waals surface area contributed by atoms with Crippen LogP contribution in [0.1, 0.15) is 20.8 Å². The number of methoxy groups -OCH3 is 1. The highest BCUT2D eigenvalue weighted by atomic mass is 28.4. The fraction of sp³-hybridized carbons (Fsp3) is 0.875. The molecule has 5 nitrogen and oxygen atoms in total. The molecule has 0 spiro atoms. The topological polar surface area (TPSA) is 55.8 Å². The normalized spacial score (nSPS) is 16.0. The van der Waals surface area contributed by atoms with Gasteiger partial charge in [0.05, 0.1) is 13.2 Å². The zero-order valence-electron chi connectivity index (χ0n) is 17.4. The zero-order chi connectivity index (χ0) is 21.3. The number of alkyl halides is 3. The molecule has 0 aliphatic heterocycles. The minimum atomic E-state index is -5.09. The summed E-state index contributed by atoms with van der Waals surface area (Å²) in [6.45, 7) is 15.7. The maximum absolute atomic E-state index is 13.3. The standard InChI is InChI=1S/C16H32F3NO4Si2/c1-15(2,3)12(24-26(8,9)10)11(13(21)23-4)20(25(5,6)7)14(22)16(17,18)19/h11-12H,1-10H3. The molecule has 0 aliphatic rings. The summed E-state index contributed by atoms with van der Waals surface area (Å²) in [6, 6.07) is -1.47. The van der Waals surface area contributed by atoms with Gasteiger partial charge in [-0.3, -0.25) is 4.79 Å². The van der Waals surface area contributed by atoms with Gasteiger partial charge in [0.1, 0.15) is 6.04 Å². The van der Waals surface area contributed by atoms with Crippen molar-refractivity contribution >= 4 is 28.4 Å². The summed E-state index contributed by atoms with van der Waals surface area (Å²) in [5.74, 6) is -2.93. The van der Waals surface area contributed by atoms with Crippen molar-refractivity contribution in [1.29, 1.82) is 0 Å². The molecule has 0 bridgehead atoms. The number of ether oxygens (including phenoxy) is 1. The monoisotopic (exact) mass is 415 g/mol. The number of nitrogens with zero attached hydrogens (tertiary/aromatic N) is 1. The van der Waals surface area contributed by atoms with Crippen LogP contribution in [0.5, 0.6) is 0 Å². The summed E-state index contributed by atoms with van der Waals surface area (Å²) in [6.07, 6.45) is -6.02. The van der Waals surface area contributed by atoms with E-state index in [0.717, 1.165) is 7.11 Å². The molecular formula is C16H32F3NO4Si2. The first-order valence-electron chi connectivity index (χ1n) is 8.39. The van der Waals surface area contributed by atoms with Gasteiger partial charge in [0, 0.05) is 0 Å². The lowest BCUT2D eigenvalue weighted by atomic mass is 9.84. The second-order valence-corrected chi connectivity index (χ2v) is 18.6. The first kappa shape index (κ1) is 25.1. The van der Waals surface area contributed by atoms with Gasteiger partial charge in [-0.2, -0.15) is 13.2 Å². The second kappa shape index (κ2) is 8.01. The molecule has 0 aromatic rings. The molecule has 0 aromatic carbocycles. The molecule has 2 unspecified atom stereocenters. The van der Waals surface area contributed by atoms with E-state index >= 15 is 0 Å². The van der Waals surface area contributed by atoms with E-state index in [1.54, 1.807) is 40.4 Å². The fourth-order valence-electron chi connectivity index (χ4n) is 2.57. The first-order valence-corrected chi connectivity index (χ1v) is 15.2.